The molecule has 0 aliphatic rings. The molecule has 0 fully saturated rings. The lowest BCUT2D eigenvalue weighted by molar-refractivity contribution is 0.0690. The lowest BCUT2D eigenvalue weighted by Gasteiger charge is -2.12. The molecule has 2 aromatic heterocycles. The van der Waals surface area contributed by atoms with E-state index >= 15 is 0 Å². The maximum absolute atomic E-state index is 10.7. The fraction of sp³-hybridized carbons (Fsp3) is 0.500. The van der Waals surface area contributed by atoms with E-state index < -0.39 is 5.97 Å². The van der Waals surface area contributed by atoms with Crippen LogP contribution >= 0.6 is 0 Å². The molecule has 0 atom stereocenters. The highest BCUT2D eigenvalue weighted by Crippen LogP contribution is 2.14. The molecule has 0 radical (unpaired) electrons. The summed E-state index contributed by atoms with van der Waals surface area (Å²) in [7, 11) is 0. The van der Waals surface area contributed by atoms with Gasteiger partial charge in [0.1, 0.15) is 0 Å². The van der Waals surface area contributed by atoms with Crippen molar-refractivity contribution < 1.29 is 9.90 Å². The van der Waals surface area contributed by atoms with Gasteiger partial charge in [-0.1, -0.05) is 19.1 Å². The van der Waals surface area contributed by atoms with Crippen LogP contribution in [0.25, 0.3) is 0 Å². The third-order valence-electron chi connectivity index (χ3n) is 3.06. The molecule has 0 aromatic carbocycles. The molecule has 0 bridgehead atoms. The molecular formula is C12H17N5O2. The Labute approximate surface area is 110 Å². The third kappa shape index (κ3) is 2.98. The number of aromatic carboxylic acids is 1. The molecule has 0 unspecified atom stereocenters. The average Bonchev–Trinajstić information content (AvgIpc) is 3.01. The maximum atomic E-state index is 10.7. The van der Waals surface area contributed by atoms with Crippen LogP contribution in [0.1, 0.15) is 48.9 Å². The van der Waals surface area contributed by atoms with Crippen molar-refractivity contribution in [3.05, 3.63) is 29.8 Å². The van der Waals surface area contributed by atoms with Crippen LogP contribution in [-0.4, -0.2) is 35.9 Å². The van der Waals surface area contributed by atoms with E-state index in [2.05, 4.69) is 29.3 Å². The highest BCUT2D eigenvalue weighted by molar-refractivity contribution is 5.84. The van der Waals surface area contributed by atoms with Crippen molar-refractivity contribution in [2.24, 2.45) is 0 Å². The maximum Gasteiger partial charge on any atom is 0.358 e. The zero-order valence-corrected chi connectivity index (χ0v) is 11.0. The van der Waals surface area contributed by atoms with Crippen LogP contribution in [0, 0.1) is 0 Å². The van der Waals surface area contributed by atoms with Gasteiger partial charge >= 0.3 is 5.97 Å². The van der Waals surface area contributed by atoms with Gasteiger partial charge in [0.25, 0.3) is 0 Å². The van der Waals surface area contributed by atoms with E-state index in [1.807, 2.05) is 16.9 Å². The fourth-order valence-electron chi connectivity index (χ4n) is 1.97. The van der Waals surface area contributed by atoms with Gasteiger partial charge in [0, 0.05) is 6.20 Å². The van der Waals surface area contributed by atoms with Crippen molar-refractivity contribution >= 4 is 5.97 Å². The molecule has 2 heterocycles. The second-order valence-electron chi connectivity index (χ2n) is 4.36. The molecule has 7 heteroatoms. The Morgan fingerprint density at radius 3 is 2.74 bits per heavy atom. The summed E-state index contributed by atoms with van der Waals surface area (Å²) < 4.78 is 3.42. The lowest BCUT2D eigenvalue weighted by Crippen LogP contribution is -2.09. The summed E-state index contributed by atoms with van der Waals surface area (Å²) in [6.45, 7) is 4.69. The molecule has 0 saturated heterocycles. The minimum atomic E-state index is -1.08. The molecule has 2 aromatic rings. The van der Waals surface area contributed by atoms with E-state index in [1.165, 1.54) is 10.9 Å². The topological polar surface area (TPSA) is 85.8 Å². The smallest absolute Gasteiger partial charge is 0.358 e. The van der Waals surface area contributed by atoms with Gasteiger partial charge in [-0.05, 0) is 18.9 Å². The van der Waals surface area contributed by atoms with Crippen LogP contribution in [0.4, 0.5) is 0 Å². The molecule has 0 amide bonds. The molecule has 19 heavy (non-hydrogen) atoms. The molecular weight excluding hydrogens is 246 g/mol. The van der Waals surface area contributed by atoms with Gasteiger partial charge in [-0.2, -0.15) is 5.10 Å². The Kier molecular flexibility index (Phi) is 3.94. The van der Waals surface area contributed by atoms with Gasteiger partial charge in [0.15, 0.2) is 5.69 Å². The van der Waals surface area contributed by atoms with Crippen LogP contribution in [0.15, 0.2) is 18.5 Å². The van der Waals surface area contributed by atoms with Gasteiger partial charge < -0.3 is 5.11 Å². The first-order chi connectivity index (χ1) is 9.13. The largest absolute Gasteiger partial charge is 0.476 e. The first-order valence-corrected chi connectivity index (χ1v) is 6.31. The molecule has 0 spiro atoms. The molecule has 102 valence electrons. The molecule has 0 aliphatic heterocycles. The second-order valence-corrected chi connectivity index (χ2v) is 4.36. The van der Waals surface area contributed by atoms with E-state index in [-0.39, 0.29) is 5.69 Å². The second kappa shape index (κ2) is 5.64. The van der Waals surface area contributed by atoms with Crippen LogP contribution in [0.3, 0.4) is 0 Å². The minimum absolute atomic E-state index is 0.0561. The van der Waals surface area contributed by atoms with Crippen molar-refractivity contribution in [1.82, 2.24) is 24.8 Å². The van der Waals surface area contributed by atoms with Crippen LogP contribution < -0.4 is 0 Å². The predicted octanol–water partition coefficient (Wildman–Crippen LogP) is 1.58. The average molecular weight is 263 g/mol. The summed E-state index contributed by atoms with van der Waals surface area (Å²) in [4.78, 5) is 10.7. The number of carboxylic acids is 1. The van der Waals surface area contributed by atoms with E-state index in [0.717, 1.165) is 18.5 Å². The van der Waals surface area contributed by atoms with Crippen molar-refractivity contribution in [3.63, 3.8) is 0 Å². The van der Waals surface area contributed by atoms with Crippen molar-refractivity contribution in [2.75, 3.05) is 0 Å². The summed E-state index contributed by atoms with van der Waals surface area (Å²) in [5, 5.41) is 20.6. The predicted molar refractivity (Wildman–Crippen MR) is 67.9 cm³/mol. The van der Waals surface area contributed by atoms with E-state index in [0.29, 0.717) is 12.6 Å². The highest BCUT2D eigenvalue weighted by Gasteiger charge is 2.11. The van der Waals surface area contributed by atoms with Gasteiger partial charge in [-0.25, -0.2) is 9.48 Å². The number of carbonyl (C=O) groups is 1. The Morgan fingerprint density at radius 1 is 1.42 bits per heavy atom. The van der Waals surface area contributed by atoms with E-state index in [1.54, 1.807) is 0 Å². The SMILES string of the molecule is CCC(CC)n1ccc(Cn2cc(C(=O)O)nn2)n1. The van der Waals surface area contributed by atoms with Gasteiger partial charge in [-0.15, -0.1) is 5.10 Å². The highest BCUT2D eigenvalue weighted by atomic mass is 16.4. The number of carboxylic acid groups (broad SMARTS) is 1. The zero-order chi connectivity index (χ0) is 13.8. The summed E-state index contributed by atoms with van der Waals surface area (Å²) in [6.07, 6.45) is 5.41. The van der Waals surface area contributed by atoms with E-state index in [9.17, 15) is 4.79 Å². The Bertz CT molecular complexity index is 556. The Hall–Kier alpha value is -2.18. The third-order valence-corrected chi connectivity index (χ3v) is 3.06. The first kappa shape index (κ1) is 13.3. The number of nitrogens with zero attached hydrogens (tertiary/aromatic N) is 5. The van der Waals surface area contributed by atoms with Gasteiger partial charge in [0.05, 0.1) is 24.5 Å². The van der Waals surface area contributed by atoms with Gasteiger partial charge in [0.2, 0.25) is 0 Å². The summed E-state index contributed by atoms with van der Waals surface area (Å²) in [5.74, 6) is -1.08. The molecule has 1 N–H and O–H groups in total. The number of hydrogen-bond donors (Lipinski definition) is 1. The number of aromatic nitrogens is 5. The number of hydrogen-bond acceptors (Lipinski definition) is 4. The van der Waals surface area contributed by atoms with Crippen molar-refractivity contribution in [1.29, 1.82) is 0 Å². The standard InChI is InChI=1S/C12H17N5O2/c1-3-10(4-2)17-6-5-9(14-17)7-16-8-11(12(18)19)13-15-16/h5-6,8,10H,3-4,7H2,1-2H3,(H,18,19). The van der Waals surface area contributed by atoms with Crippen LogP contribution in [-0.2, 0) is 6.54 Å². The minimum Gasteiger partial charge on any atom is -0.476 e. The number of rotatable bonds is 6. The summed E-state index contributed by atoms with van der Waals surface area (Å²) >= 11 is 0. The lowest BCUT2D eigenvalue weighted by atomic mass is 10.2. The first-order valence-electron chi connectivity index (χ1n) is 6.31. The monoisotopic (exact) mass is 263 g/mol. The molecule has 0 saturated carbocycles. The molecule has 2 rings (SSSR count). The molecule has 7 nitrogen and oxygen atoms in total. The summed E-state index contributed by atoms with van der Waals surface area (Å²) in [5.41, 5.74) is 0.785. The Morgan fingerprint density at radius 2 is 2.16 bits per heavy atom. The van der Waals surface area contributed by atoms with E-state index in [4.69, 9.17) is 5.11 Å². The Balaban J connectivity index is 2.08. The summed E-state index contributed by atoms with van der Waals surface area (Å²) in [6, 6.07) is 2.32. The van der Waals surface area contributed by atoms with Crippen molar-refractivity contribution in [3.8, 4) is 0 Å². The zero-order valence-electron chi connectivity index (χ0n) is 11.0. The normalized spacial score (nSPS) is 11.1. The van der Waals surface area contributed by atoms with Crippen LogP contribution in [0.2, 0.25) is 0 Å². The van der Waals surface area contributed by atoms with Crippen molar-refractivity contribution in [2.45, 2.75) is 39.3 Å². The molecule has 0 aliphatic carbocycles. The van der Waals surface area contributed by atoms with Gasteiger partial charge in [-0.3, -0.25) is 4.68 Å². The fourth-order valence-corrected chi connectivity index (χ4v) is 1.97. The van der Waals surface area contributed by atoms with Crippen LogP contribution in [0.5, 0.6) is 0 Å². The quantitative estimate of drug-likeness (QED) is 0.855.